The van der Waals surface area contributed by atoms with Crippen LogP contribution < -0.4 is 5.32 Å². The van der Waals surface area contributed by atoms with Crippen LogP contribution in [0.4, 0.5) is 0 Å². The first-order valence-corrected chi connectivity index (χ1v) is 12.9. The van der Waals surface area contributed by atoms with Gasteiger partial charge in [0, 0.05) is 23.0 Å². The monoisotopic (exact) mass is 484 g/mol. The van der Waals surface area contributed by atoms with E-state index in [1.54, 1.807) is 9.58 Å². The molecule has 0 saturated heterocycles. The second-order valence-corrected chi connectivity index (χ2v) is 11.6. The van der Waals surface area contributed by atoms with Gasteiger partial charge in [-0.1, -0.05) is 76.6 Å². The second-order valence-electron chi connectivity index (χ2n) is 11.1. The van der Waals surface area contributed by atoms with Crippen molar-refractivity contribution in [1.29, 1.82) is 0 Å². The molecule has 1 aromatic heterocycles. The Morgan fingerprint density at radius 3 is 2.47 bits per heavy atom. The fourth-order valence-electron chi connectivity index (χ4n) is 5.02. The molecule has 4 rings (SSSR count). The zero-order valence-corrected chi connectivity index (χ0v) is 21.6. The number of nitrogens with one attached hydrogen (secondary N) is 1. The van der Waals surface area contributed by atoms with Crippen LogP contribution in [-0.2, 0) is 23.3 Å². The Balaban J connectivity index is 1.68. The Hall–Kier alpha value is -2.34. The van der Waals surface area contributed by atoms with Crippen LogP contribution in [0.25, 0.3) is 0 Å². The summed E-state index contributed by atoms with van der Waals surface area (Å²) in [6, 6.07) is 9.51. The van der Waals surface area contributed by atoms with Crippen molar-refractivity contribution in [3.05, 3.63) is 52.3 Å². The molecule has 1 aliphatic heterocycles. The third kappa shape index (κ3) is 5.17. The highest BCUT2D eigenvalue weighted by molar-refractivity contribution is 6.30. The fourth-order valence-corrected chi connectivity index (χ4v) is 5.23. The maximum absolute atomic E-state index is 13.8. The molecule has 1 aliphatic carbocycles. The SMILES string of the molecule is CC(C)(C)c1cc2n(n1)C[C@@](C)(C(=O)NC1CCCCCCC1)N(Cc1cccc(Cl)c1)C2=O. The molecule has 0 spiro atoms. The molecular formula is C27H37ClN4O2. The first-order chi connectivity index (χ1) is 16.1. The van der Waals surface area contributed by atoms with Crippen molar-refractivity contribution >= 4 is 23.4 Å². The molecule has 2 amide bonds. The molecule has 34 heavy (non-hydrogen) atoms. The van der Waals surface area contributed by atoms with Gasteiger partial charge in [0.1, 0.15) is 11.2 Å². The summed E-state index contributed by atoms with van der Waals surface area (Å²) < 4.78 is 1.73. The third-order valence-electron chi connectivity index (χ3n) is 7.23. The Morgan fingerprint density at radius 1 is 1.15 bits per heavy atom. The van der Waals surface area contributed by atoms with E-state index in [2.05, 4.69) is 26.1 Å². The molecule has 1 saturated carbocycles. The lowest BCUT2D eigenvalue weighted by molar-refractivity contribution is -0.134. The zero-order chi connectivity index (χ0) is 24.5. The Kier molecular flexibility index (Phi) is 7.09. The summed E-state index contributed by atoms with van der Waals surface area (Å²) in [5.74, 6) is -0.281. The molecule has 7 heteroatoms. The molecule has 1 atom stereocenters. The van der Waals surface area contributed by atoms with Crippen LogP contribution in [0.1, 0.15) is 94.4 Å². The minimum Gasteiger partial charge on any atom is -0.351 e. The van der Waals surface area contributed by atoms with E-state index in [1.807, 2.05) is 37.3 Å². The molecule has 0 unspecified atom stereocenters. The standard InChI is InChI=1S/C27H37ClN4O2/c1-26(2,3)23-16-22-24(33)31(17-19-11-10-12-20(28)15-19)27(4,18-32(22)30-23)25(34)29-21-13-8-6-5-7-9-14-21/h10-12,15-16,21H,5-9,13-14,17-18H2,1-4H3,(H,29,34)/t27-/m0/s1. The van der Waals surface area contributed by atoms with Crippen LogP contribution in [0.15, 0.2) is 30.3 Å². The molecule has 0 bridgehead atoms. The normalized spacial score (nSPS) is 22.1. The van der Waals surface area contributed by atoms with Gasteiger partial charge in [-0.3, -0.25) is 14.3 Å². The van der Waals surface area contributed by atoms with Crippen molar-refractivity contribution < 1.29 is 9.59 Å². The van der Waals surface area contributed by atoms with Crippen LogP contribution in [0, 0.1) is 0 Å². The first kappa shape index (κ1) is 24.8. The molecule has 1 N–H and O–H groups in total. The van der Waals surface area contributed by atoms with Gasteiger partial charge in [-0.2, -0.15) is 5.10 Å². The molecule has 184 valence electrons. The van der Waals surface area contributed by atoms with Crippen LogP contribution in [0.3, 0.4) is 0 Å². The number of benzene rings is 1. The minimum absolute atomic E-state index is 0.105. The summed E-state index contributed by atoms with van der Waals surface area (Å²) in [7, 11) is 0. The van der Waals surface area contributed by atoms with E-state index in [1.165, 1.54) is 19.3 Å². The third-order valence-corrected chi connectivity index (χ3v) is 7.46. The summed E-state index contributed by atoms with van der Waals surface area (Å²) >= 11 is 6.23. The highest BCUT2D eigenvalue weighted by Crippen LogP contribution is 2.32. The number of amides is 2. The highest BCUT2D eigenvalue weighted by Gasteiger charge is 2.48. The van der Waals surface area contributed by atoms with Crippen molar-refractivity contribution in [2.75, 3.05) is 0 Å². The van der Waals surface area contributed by atoms with E-state index < -0.39 is 5.54 Å². The molecule has 1 fully saturated rings. The van der Waals surface area contributed by atoms with Gasteiger partial charge in [0.25, 0.3) is 5.91 Å². The van der Waals surface area contributed by atoms with E-state index in [4.69, 9.17) is 16.7 Å². The van der Waals surface area contributed by atoms with Crippen LogP contribution in [0.2, 0.25) is 5.02 Å². The van der Waals surface area contributed by atoms with Gasteiger partial charge in [0.2, 0.25) is 5.91 Å². The smallest absolute Gasteiger partial charge is 0.273 e. The van der Waals surface area contributed by atoms with Crippen molar-refractivity contribution in [3.63, 3.8) is 0 Å². The van der Waals surface area contributed by atoms with E-state index in [9.17, 15) is 9.59 Å². The van der Waals surface area contributed by atoms with E-state index in [-0.39, 0.29) is 23.3 Å². The van der Waals surface area contributed by atoms with E-state index in [0.717, 1.165) is 36.9 Å². The second kappa shape index (κ2) is 9.73. The minimum atomic E-state index is -1.06. The number of aromatic nitrogens is 2. The van der Waals surface area contributed by atoms with Crippen molar-refractivity contribution in [2.24, 2.45) is 0 Å². The predicted octanol–water partition coefficient (Wildman–Crippen LogP) is 5.48. The van der Waals surface area contributed by atoms with E-state index >= 15 is 0 Å². The number of rotatable bonds is 4. The highest BCUT2D eigenvalue weighted by atomic mass is 35.5. The summed E-state index contributed by atoms with van der Waals surface area (Å²) in [4.78, 5) is 29.4. The summed E-state index contributed by atoms with van der Waals surface area (Å²) in [5, 5.41) is 8.67. The molecular weight excluding hydrogens is 448 g/mol. The average Bonchev–Trinajstić information content (AvgIpc) is 3.17. The number of nitrogens with zero attached hydrogens (tertiary/aromatic N) is 3. The van der Waals surface area contributed by atoms with Crippen molar-refractivity contribution in [2.45, 2.75) is 103 Å². The van der Waals surface area contributed by atoms with Gasteiger partial charge in [-0.15, -0.1) is 0 Å². The number of carbonyl (C=O) groups excluding carboxylic acids is 2. The zero-order valence-electron chi connectivity index (χ0n) is 20.9. The topological polar surface area (TPSA) is 67.2 Å². The first-order valence-electron chi connectivity index (χ1n) is 12.5. The van der Waals surface area contributed by atoms with Gasteiger partial charge in [0.05, 0.1) is 12.2 Å². The van der Waals surface area contributed by atoms with Crippen molar-refractivity contribution in [1.82, 2.24) is 20.0 Å². The van der Waals surface area contributed by atoms with Crippen LogP contribution in [0.5, 0.6) is 0 Å². The molecule has 1 aromatic carbocycles. The quantitative estimate of drug-likeness (QED) is 0.625. The number of hydrogen-bond donors (Lipinski definition) is 1. The molecule has 6 nitrogen and oxygen atoms in total. The Bertz CT molecular complexity index is 1050. The predicted molar refractivity (Wildman–Crippen MR) is 135 cm³/mol. The van der Waals surface area contributed by atoms with Gasteiger partial charge in [0.15, 0.2) is 0 Å². The van der Waals surface area contributed by atoms with Crippen LogP contribution >= 0.6 is 11.6 Å². The Labute approximate surface area is 208 Å². The molecule has 2 aliphatic rings. The number of fused-ring (bicyclic) bond motifs is 1. The number of hydrogen-bond acceptors (Lipinski definition) is 3. The van der Waals surface area contributed by atoms with Gasteiger partial charge >= 0.3 is 0 Å². The summed E-state index contributed by atoms with van der Waals surface area (Å²) in [6.07, 6.45) is 7.95. The lowest BCUT2D eigenvalue weighted by atomic mass is 9.91. The lowest BCUT2D eigenvalue weighted by Gasteiger charge is -2.44. The molecule has 2 aromatic rings. The Morgan fingerprint density at radius 2 is 1.82 bits per heavy atom. The number of carbonyl (C=O) groups is 2. The molecule has 0 radical (unpaired) electrons. The lowest BCUT2D eigenvalue weighted by Crippen LogP contribution is -2.64. The molecule has 2 heterocycles. The van der Waals surface area contributed by atoms with Gasteiger partial charge in [-0.05, 0) is 43.5 Å². The summed E-state index contributed by atoms with van der Waals surface area (Å²) in [6.45, 7) is 8.74. The fraction of sp³-hybridized carbons (Fsp3) is 0.593. The maximum atomic E-state index is 13.8. The van der Waals surface area contributed by atoms with Gasteiger partial charge in [-0.25, -0.2) is 0 Å². The summed E-state index contributed by atoms with van der Waals surface area (Å²) in [5.41, 5.74) is 1.02. The average molecular weight is 485 g/mol. The largest absolute Gasteiger partial charge is 0.351 e. The number of halogens is 1. The van der Waals surface area contributed by atoms with Crippen LogP contribution in [-0.4, -0.2) is 38.1 Å². The van der Waals surface area contributed by atoms with E-state index in [0.29, 0.717) is 23.8 Å². The van der Waals surface area contributed by atoms with Gasteiger partial charge < -0.3 is 10.2 Å². The maximum Gasteiger partial charge on any atom is 0.273 e. The van der Waals surface area contributed by atoms with Crippen molar-refractivity contribution in [3.8, 4) is 0 Å².